The summed E-state index contributed by atoms with van der Waals surface area (Å²) in [5.41, 5.74) is -0.115. The van der Waals surface area contributed by atoms with E-state index in [1.54, 1.807) is 7.05 Å². The van der Waals surface area contributed by atoms with Crippen LogP contribution in [0.4, 0.5) is 13.2 Å². The number of hydrogen-bond acceptors (Lipinski definition) is 3. The third-order valence-corrected chi connectivity index (χ3v) is 3.52. The van der Waals surface area contributed by atoms with Crippen molar-refractivity contribution in [3.05, 3.63) is 35.4 Å². The fraction of sp³-hybridized carbons (Fsp3) is 0.500. The molecule has 0 bridgehead atoms. The lowest BCUT2D eigenvalue weighted by Crippen LogP contribution is -2.37. The Morgan fingerprint density at radius 2 is 1.95 bits per heavy atom. The van der Waals surface area contributed by atoms with Crippen molar-refractivity contribution < 1.29 is 22.7 Å². The lowest BCUT2D eigenvalue weighted by Gasteiger charge is -2.15. The average Bonchev–Trinajstić information content (AvgIpc) is 2.86. The summed E-state index contributed by atoms with van der Waals surface area (Å²) in [6.07, 6.45) is -4.22. The fourth-order valence-corrected chi connectivity index (χ4v) is 2.30. The summed E-state index contributed by atoms with van der Waals surface area (Å²) in [6.45, 7) is 0.852. The van der Waals surface area contributed by atoms with Gasteiger partial charge in [0.15, 0.2) is 0 Å². The number of benzene rings is 1. The Morgan fingerprint density at radius 1 is 1.30 bits per heavy atom. The van der Waals surface area contributed by atoms with E-state index in [2.05, 4.69) is 5.32 Å². The minimum atomic E-state index is -4.35. The number of nitrogens with one attached hydrogen (secondary N) is 1. The van der Waals surface area contributed by atoms with Crippen LogP contribution in [0.5, 0.6) is 0 Å². The van der Waals surface area contributed by atoms with E-state index in [4.69, 9.17) is 4.74 Å². The molecule has 0 saturated carbocycles. The van der Waals surface area contributed by atoms with Crippen molar-refractivity contribution in [3.63, 3.8) is 0 Å². The topological polar surface area (TPSA) is 38.3 Å². The number of rotatable bonds is 4. The van der Waals surface area contributed by atoms with Crippen molar-refractivity contribution >= 4 is 5.78 Å². The molecule has 0 spiro atoms. The second-order valence-electron chi connectivity index (χ2n) is 4.88. The van der Waals surface area contributed by atoms with E-state index >= 15 is 0 Å². The number of halogens is 3. The number of alkyl halides is 3. The van der Waals surface area contributed by atoms with Crippen LogP contribution in [0.25, 0.3) is 0 Å². The van der Waals surface area contributed by atoms with E-state index in [1.807, 2.05) is 0 Å². The predicted molar refractivity (Wildman–Crippen MR) is 67.3 cm³/mol. The van der Waals surface area contributed by atoms with Crippen molar-refractivity contribution in [2.24, 2.45) is 5.92 Å². The second-order valence-corrected chi connectivity index (χ2v) is 4.88. The Balaban J connectivity index is 2.01. The molecule has 0 aromatic heterocycles. The Labute approximate surface area is 115 Å². The highest BCUT2D eigenvalue weighted by Crippen LogP contribution is 2.29. The third kappa shape index (κ3) is 3.37. The summed E-state index contributed by atoms with van der Waals surface area (Å²) < 4.78 is 42.6. The molecule has 1 aliphatic rings. The van der Waals surface area contributed by atoms with Crippen molar-refractivity contribution in [2.45, 2.75) is 18.6 Å². The van der Waals surface area contributed by atoms with Gasteiger partial charge in [-0.15, -0.1) is 0 Å². The average molecular weight is 287 g/mol. The predicted octanol–water partition coefficient (Wildman–Crippen LogP) is 2.05. The van der Waals surface area contributed by atoms with Crippen LogP contribution in [0, 0.1) is 5.92 Å². The molecule has 0 radical (unpaired) electrons. The molecule has 20 heavy (non-hydrogen) atoms. The molecular weight excluding hydrogens is 271 g/mol. The van der Waals surface area contributed by atoms with Crippen LogP contribution in [-0.4, -0.2) is 32.1 Å². The molecule has 1 N–H and O–H groups in total. The summed E-state index contributed by atoms with van der Waals surface area (Å²) in [5.74, 6) is -0.246. The molecule has 6 heteroatoms. The molecule has 1 aromatic carbocycles. The van der Waals surface area contributed by atoms with Crippen LogP contribution in [0.1, 0.15) is 11.1 Å². The Bertz CT molecular complexity index is 470. The van der Waals surface area contributed by atoms with Crippen LogP contribution in [-0.2, 0) is 22.1 Å². The first-order chi connectivity index (χ1) is 9.41. The lowest BCUT2D eigenvalue weighted by atomic mass is 9.93. The molecular formula is C14H16F3NO2. The number of likely N-dealkylation sites (N-methyl/N-ethyl adjacent to an activating group) is 1. The summed E-state index contributed by atoms with van der Waals surface area (Å²) in [5, 5.41) is 3.02. The van der Waals surface area contributed by atoms with E-state index in [1.165, 1.54) is 12.1 Å². The van der Waals surface area contributed by atoms with Crippen molar-refractivity contribution in [2.75, 3.05) is 20.3 Å². The van der Waals surface area contributed by atoms with Crippen LogP contribution in [0.15, 0.2) is 24.3 Å². The maximum atomic E-state index is 12.4. The highest BCUT2D eigenvalue weighted by molar-refractivity contribution is 5.84. The van der Waals surface area contributed by atoms with Crippen LogP contribution >= 0.6 is 0 Å². The molecule has 1 fully saturated rings. The van der Waals surface area contributed by atoms with Gasteiger partial charge < -0.3 is 10.1 Å². The van der Waals surface area contributed by atoms with Gasteiger partial charge in [0.25, 0.3) is 0 Å². The molecule has 1 aromatic rings. The van der Waals surface area contributed by atoms with Crippen molar-refractivity contribution in [1.29, 1.82) is 0 Å². The summed E-state index contributed by atoms with van der Waals surface area (Å²) in [6, 6.07) is 4.69. The van der Waals surface area contributed by atoms with Gasteiger partial charge in [-0.1, -0.05) is 12.1 Å². The standard InChI is InChI=1S/C14H16F3NO2/c1-18-12-8-20-7-11(12)13(19)6-9-2-4-10(5-3-9)14(15,16)17/h2-5,11-12,18H,6-8H2,1H3. The monoisotopic (exact) mass is 287 g/mol. The summed E-state index contributed by atoms with van der Waals surface area (Å²) in [4.78, 5) is 12.1. The van der Waals surface area contributed by atoms with Crippen LogP contribution < -0.4 is 5.32 Å². The van der Waals surface area contributed by atoms with Gasteiger partial charge >= 0.3 is 6.18 Å². The Morgan fingerprint density at radius 3 is 2.50 bits per heavy atom. The van der Waals surface area contributed by atoms with Gasteiger partial charge in [-0.3, -0.25) is 4.79 Å². The SMILES string of the molecule is CNC1COCC1C(=O)Cc1ccc(C(F)(F)F)cc1. The number of carbonyl (C=O) groups excluding carboxylic acids is 1. The molecule has 2 rings (SSSR count). The second kappa shape index (κ2) is 5.93. The van der Waals surface area contributed by atoms with Crippen LogP contribution in [0.3, 0.4) is 0 Å². The normalized spacial score (nSPS) is 23.0. The van der Waals surface area contributed by atoms with Gasteiger partial charge in [-0.05, 0) is 24.7 Å². The number of ketones is 1. The molecule has 3 nitrogen and oxygen atoms in total. The Hall–Kier alpha value is -1.40. The number of ether oxygens (including phenoxy) is 1. The number of hydrogen-bond donors (Lipinski definition) is 1. The van der Waals surface area contributed by atoms with E-state index in [0.29, 0.717) is 18.8 Å². The van der Waals surface area contributed by atoms with Crippen LogP contribution in [0.2, 0.25) is 0 Å². The maximum Gasteiger partial charge on any atom is 0.416 e. The lowest BCUT2D eigenvalue weighted by molar-refractivity contribution is -0.137. The molecule has 1 heterocycles. The van der Waals surface area contributed by atoms with Gasteiger partial charge in [0.05, 0.1) is 24.7 Å². The highest BCUT2D eigenvalue weighted by atomic mass is 19.4. The van der Waals surface area contributed by atoms with Gasteiger partial charge in [-0.2, -0.15) is 13.2 Å². The zero-order valence-electron chi connectivity index (χ0n) is 11.0. The van der Waals surface area contributed by atoms with Gasteiger partial charge in [0, 0.05) is 12.5 Å². The molecule has 110 valence electrons. The fourth-order valence-electron chi connectivity index (χ4n) is 2.30. The summed E-state index contributed by atoms with van der Waals surface area (Å²) >= 11 is 0. The molecule has 2 unspecified atom stereocenters. The largest absolute Gasteiger partial charge is 0.416 e. The smallest absolute Gasteiger partial charge is 0.379 e. The zero-order chi connectivity index (χ0) is 14.8. The van der Waals surface area contributed by atoms with Gasteiger partial charge in [0.2, 0.25) is 0 Å². The Kier molecular flexibility index (Phi) is 4.45. The van der Waals surface area contributed by atoms with Gasteiger partial charge in [0.1, 0.15) is 5.78 Å². The number of carbonyl (C=O) groups is 1. The molecule has 2 atom stereocenters. The maximum absolute atomic E-state index is 12.4. The molecule has 0 aliphatic carbocycles. The van der Waals surface area contributed by atoms with Crippen molar-refractivity contribution in [1.82, 2.24) is 5.32 Å². The summed E-state index contributed by atoms with van der Waals surface area (Å²) in [7, 11) is 1.76. The number of Topliss-reactive ketones (excluding diaryl/α,β-unsaturated/α-hetero) is 1. The first kappa shape index (κ1) is 15.0. The first-order valence-corrected chi connectivity index (χ1v) is 6.35. The third-order valence-electron chi connectivity index (χ3n) is 3.52. The quantitative estimate of drug-likeness (QED) is 0.921. The van der Waals surface area contributed by atoms with E-state index in [-0.39, 0.29) is 24.2 Å². The van der Waals surface area contributed by atoms with E-state index in [9.17, 15) is 18.0 Å². The molecule has 1 aliphatic heterocycles. The minimum absolute atomic E-state index is 0.0124. The molecule has 1 saturated heterocycles. The van der Waals surface area contributed by atoms with E-state index in [0.717, 1.165) is 12.1 Å². The first-order valence-electron chi connectivity index (χ1n) is 6.35. The van der Waals surface area contributed by atoms with Gasteiger partial charge in [-0.25, -0.2) is 0 Å². The highest BCUT2D eigenvalue weighted by Gasteiger charge is 2.33. The minimum Gasteiger partial charge on any atom is -0.379 e. The zero-order valence-corrected chi connectivity index (χ0v) is 11.0. The molecule has 0 amide bonds. The van der Waals surface area contributed by atoms with Crippen molar-refractivity contribution in [3.8, 4) is 0 Å². The van der Waals surface area contributed by atoms with E-state index < -0.39 is 11.7 Å².